The Hall–Kier alpha value is -1.77. The zero-order valence-corrected chi connectivity index (χ0v) is 12.5. The fourth-order valence-electron chi connectivity index (χ4n) is 2.34. The quantitative estimate of drug-likeness (QED) is 0.888. The van der Waals surface area contributed by atoms with Gasteiger partial charge in [-0.2, -0.15) is 0 Å². The Kier molecular flexibility index (Phi) is 4.83. The van der Waals surface area contributed by atoms with Crippen LogP contribution in [0.1, 0.15) is 32.3 Å². The number of nitrogens with one attached hydrogen (secondary N) is 1. The second kappa shape index (κ2) is 6.60. The lowest BCUT2D eigenvalue weighted by Gasteiger charge is -2.30. The molecule has 20 heavy (non-hydrogen) atoms. The Balaban J connectivity index is 2.20. The van der Waals surface area contributed by atoms with Crippen LogP contribution >= 0.6 is 0 Å². The number of halogens is 1. The molecule has 1 heterocycles. The topological polar surface area (TPSA) is 15.3 Å². The van der Waals surface area contributed by atoms with E-state index in [0.29, 0.717) is 11.6 Å². The lowest BCUT2D eigenvalue weighted by molar-refractivity contribution is 0.617. The number of nitrogens with zero attached hydrogens (tertiary/aromatic N) is 1. The first-order chi connectivity index (χ1) is 9.58. The summed E-state index contributed by atoms with van der Waals surface area (Å²) in [4.78, 5) is 2.28. The smallest absolute Gasteiger partial charge is 0.126 e. The van der Waals surface area contributed by atoms with Crippen LogP contribution in [0.15, 0.2) is 42.2 Å². The average Bonchev–Trinajstić information content (AvgIpc) is 2.67. The summed E-state index contributed by atoms with van der Waals surface area (Å²) in [5.74, 6) is -0.146. The fraction of sp³-hybridized carbons (Fsp3) is 0.412. The minimum Gasteiger partial charge on any atom is -0.364 e. The Morgan fingerprint density at radius 1 is 1.30 bits per heavy atom. The highest BCUT2D eigenvalue weighted by Gasteiger charge is 2.13. The average molecular weight is 274 g/mol. The van der Waals surface area contributed by atoms with Gasteiger partial charge in [-0.25, -0.2) is 4.39 Å². The summed E-state index contributed by atoms with van der Waals surface area (Å²) in [7, 11) is 0. The van der Waals surface area contributed by atoms with E-state index in [2.05, 4.69) is 36.2 Å². The molecule has 0 saturated heterocycles. The predicted octanol–water partition coefficient (Wildman–Crippen LogP) is 4.13. The molecule has 1 aliphatic heterocycles. The predicted molar refractivity (Wildman–Crippen MR) is 83.2 cm³/mol. The van der Waals surface area contributed by atoms with Gasteiger partial charge in [0.25, 0.3) is 0 Å². The number of allylic oxidation sites excluding steroid dienone is 2. The summed E-state index contributed by atoms with van der Waals surface area (Å²) in [6.45, 7) is 6.94. The molecule has 3 heteroatoms. The van der Waals surface area contributed by atoms with Crippen LogP contribution in [0.5, 0.6) is 0 Å². The van der Waals surface area contributed by atoms with Gasteiger partial charge >= 0.3 is 0 Å². The summed E-state index contributed by atoms with van der Waals surface area (Å²) >= 11 is 0. The van der Waals surface area contributed by atoms with Gasteiger partial charge in [-0.3, -0.25) is 0 Å². The summed E-state index contributed by atoms with van der Waals surface area (Å²) < 4.78 is 13.4. The van der Waals surface area contributed by atoms with Crippen molar-refractivity contribution in [2.45, 2.75) is 39.7 Å². The summed E-state index contributed by atoms with van der Waals surface area (Å²) in [5, 5.41) is 3.33. The van der Waals surface area contributed by atoms with Crippen LogP contribution in [0.4, 0.5) is 10.1 Å². The molecule has 0 aliphatic carbocycles. The van der Waals surface area contributed by atoms with E-state index in [1.54, 1.807) is 6.07 Å². The van der Waals surface area contributed by atoms with Gasteiger partial charge in [-0.05, 0) is 63.6 Å². The van der Waals surface area contributed by atoms with Gasteiger partial charge in [0.2, 0.25) is 0 Å². The van der Waals surface area contributed by atoms with Crippen molar-refractivity contribution in [2.24, 2.45) is 0 Å². The van der Waals surface area contributed by atoms with Crippen molar-refractivity contribution in [2.75, 3.05) is 11.4 Å². The molecule has 0 radical (unpaired) electrons. The van der Waals surface area contributed by atoms with E-state index in [9.17, 15) is 4.39 Å². The molecule has 2 nitrogen and oxygen atoms in total. The van der Waals surface area contributed by atoms with Gasteiger partial charge in [0.1, 0.15) is 5.82 Å². The second-order valence-electron chi connectivity index (χ2n) is 5.51. The Bertz CT molecular complexity index is 518. The van der Waals surface area contributed by atoms with Crippen molar-refractivity contribution in [1.29, 1.82) is 0 Å². The van der Waals surface area contributed by atoms with Crippen LogP contribution in [0.3, 0.4) is 0 Å². The molecule has 0 amide bonds. The van der Waals surface area contributed by atoms with Gasteiger partial charge < -0.3 is 10.2 Å². The molecule has 2 rings (SSSR count). The third-order valence-corrected chi connectivity index (χ3v) is 3.55. The van der Waals surface area contributed by atoms with Crippen LogP contribution in [-0.4, -0.2) is 12.6 Å². The van der Waals surface area contributed by atoms with Crippen LogP contribution in [0, 0.1) is 12.7 Å². The van der Waals surface area contributed by atoms with Crippen molar-refractivity contribution in [3.63, 3.8) is 0 Å². The van der Waals surface area contributed by atoms with E-state index in [-0.39, 0.29) is 5.82 Å². The zero-order valence-electron chi connectivity index (χ0n) is 12.5. The molecule has 0 unspecified atom stereocenters. The van der Waals surface area contributed by atoms with E-state index >= 15 is 0 Å². The van der Waals surface area contributed by atoms with Crippen molar-refractivity contribution < 1.29 is 4.39 Å². The Morgan fingerprint density at radius 2 is 2.10 bits per heavy atom. The van der Waals surface area contributed by atoms with Gasteiger partial charge in [0.05, 0.1) is 6.54 Å². The second-order valence-corrected chi connectivity index (χ2v) is 5.51. The highest BCUT2D eigenvalue weighted by atomic mass is 19.1. The summed E-state index contributed by atoms with van der Waals surface area (Å²) in [6.07, 6.45) is 8.53. The van der Waals surface area contributed by atoms with Crippen LogP contribution in [0.25, 0.3) is 0 Å². The highest BCUT2D eigenvalue weighted by molar-refractivity contribution is 5.50. The molecule has 0 spiro atoms. The Morgan fingerprint density at radius 3 is 2.80 bits per heavy atom. The lowest BCUT2D eigenvalue weighted by Crippen LogP contribution is -2.35. The van der Waals surface area contributed by atoms with Crippen LogP contribution in [-0.2, 0) is 0 Å². The van der Waals surface area contributed by atoms with Gasteiger partial charge in [0.15, 0.2) is 0 Å². The number of hydrogen-bond donors (Lipinski definition) is 1. The number of benzene rings is 1. The van der Waals surface area contributed by atoms with Crippen LogP contribution < -0.4 is 10.2 Å². The van der Waals surface area contributed by atoms with Gasteiger partial charge in [0, 0.05) is 17.4 Å². The minimum absolute atomic E-state index is 0.146. The molecule has 1 aromatic carbocycles. The molecule has 0 aromatic heterocycles. The van der Waals surface area contributed by atoms with E-state index in [4.69, 9.17) is 0 Å². The number of rotatable bonds is 4. The van der Waals surface area contributed by atoms with E-state index in [1.165, 1.54) is 5.70 Å². The van der Waals surface area contributed by atoms with Gasteiger partial charge in [-0.1, -0.05) is 12.2 Å². The highest BCUT2D eigenvalue weighted by Crippen LogP contribution is 2.21. The SMILES string of the molecule is Cc1cc(N(CC2=CCCC=CN2)C(C)C)ccc1F. The maximum Gasteiger partial charge on any atom is 0.126 e. The fourth-order valence-corrected chi connectivity index (χ4v) is 2.34. The maximum atomic E-state index is 13.4. The first kappa shape index (κ1) is 14.6. The molecule has 0 fully saturated rings. The molecule has 1 N–H and O–H groups in total. The summed E-state index contributed by atoms with van der Waals surface area (Å²) in [6, 6.07) is 5.68. The van der Waals surface area contributed by atoms with Crippen molar-refractivity contribution in [3.8, 4) is 0 Å². The molecule has 0 bridgehead atoms. The van der Waals surface area contributed by atoms with E-state index < -0.39 is 0 Å². The largest absolute Gasteiger partial charge is 0.364 e. The molecule has 0 saturated carbocycles. The minimum atomic E-state index is -0.146. The van der Waals surface area contributed by atoms with Crippen LogP contribution in [0.2, 0.25) is 0 Å². The number of anilines is 1. The summed E-state index contributed by atoms with van der Waals surface area (Å²) in [5.41, 5.74) is 2.96. The monoisotopic (exact) mass is 274 g/mol. The molecule has 1 aliphatic rings. The molecular formula is C17H23FN2. The third-order valence-electron chi connectivity index (χ3n) is 3.55. The van der Waals surface area contributed by atoms with Crippen molar-refractivity contribution in [1.82, 2.24) is 5.32 Å². The standard InChI is InChI=1S/C17H23FN2/c1-13(2)20(12-15-7-5-4-6-10-19-15)16-8-9-17(18)14(3)11-16/h6-11,13,19H,4-5,12H2,1-3H3. The first-order valence-corrected chi connectivity index (χ1v) is 7.21. The maximum absolute atomic E-state index is 13.4. The van der Waals surface area contributed by atoms with Gasteiger partial charge in [-0.15, -0.1) is 0 Å². The third kappa shape index (κ3) is 3.62. The first-order valence-electron chi connectivity index (χ1n) is 7.21. The van der Waals surface area contributed by atoms with Crippen molar-refractivity contribution >= 4 is 5.69 Å². The molecule has 1 aromatic rings. The number of aryl methyl sites for hydroxylation is 1. The normalized spacial score (nSPS) is 14.8. The molecule has 108 valence electrons. The van der Waals surface area contributed by atoms with E-state index in [0.717, 1.165) is 25.1 Å². The zero-order chi connectivity index (χ0) is 14.5. The van der Waals surface area contributed by atoms with Crippen molar-refractivity contribution in [3.05, 3.63) is 53.6 Å². The number of hydrogen-bond acceptors (Lipinski definition) is 2. The lowest BCUT2D eigenvalue weighted by atomic mass is 10.1. The Labute approximate surface area is 121 Å². The molecule has 0 atom stereocenters. The molecular weight excluding hydrogens is 251 g/mol. The van der Waals surface area contributed by atoms with E-state index in [1.807, 2.05) is 25.3 Å².